The third kappa shape index (κ3) is 4.65. The number of benzene rings is 2. The third-order valence-electron chi connectivity index (χ3n) is 2.66. The van der Waals surface area contributed by atoms with Gasteiger partial charge in [0.25, 0.3) is 5.91 Å². The van der Waals surface area contributed by atoms with Crippen molar-refractivity contribution in [3.05, 3.63) is 58.1 Å². The Morgan fingerprint density at radius 2 is 1.64 bits per heavy atom. The topological polar surface area (TPSA) is 81.4 Å². The lowest BCUT2D eigenvalue weighted by molar-refractivity contribution is -0.118. The van der Waals surface area contributed by atoms with Crippen LogP contribution in [0.1, 0.15) is 10.4 Å². The third-order valence-corrected chi connectivity index (χ3v) is 3.10. The minimum Gasteiger partial charge on any atom is -0.484 e. The zero-order valence-electron chi connectivity index (χ0n) is 11.3. The van der Waals surface area contributed by atoms with Crippen molar-refractivity contribution in [1.82, 2.24) is 0 Å². The second-order valence-electron chi connectivity index (χ2n) is 4.38. The van der Waals surface area contributed by atoms with Crippen LogP contribution in [0.2, 0.25) is 10.0 Å². The Bertz CT molecular complexity index is 682. The molecule has 2 aromatic rings. The molecule has 0 spiro atoms. The Morgan fingerprint density at radius 1 is 1.05 bits per heavy atom. The average molecular weight is 339 g/mol. The molecular formula is C15H12Cl2N2O3. The van der Waals surface area contributed by atoms with Crippen LogP contribution in [-0.4, -0.2) is 18.4 Å². The highest BCUT2D eigenvalue weighted by Crippen LogP contribution is 2.24. The molecule has 2 amide bonds. The molecule has 0 saturated heterocycles. The molecule has 7 heteroatoms. The Labute approximate surface area is 137 Å². The molecule has 0 unspecified atom stereocenters. The molecule has 0 atom stereocenters. The lowest BCUT2D eigenvalue weighted by atomic mass is 10.2. The van der Waals surface area contributed by atoms with E-state index >= 15 is 0 Å². The smallest absolute Gasteiger partial charge is 0.262 e. The van der Waals surface area contributed by atoms with Gasteiger partial charge in [-0.3, -0.25) is 9.59 Å². The second-order valence-corrected chi connectivity index (χ2v) is 5.26. The Morgan fingerprint density at radius 3 is 2.18 bits per heavy atom. The molecule has 5 nitrogen and oxygen atoms in total. The first-order chi connectivity index (χ1) is 10.4. The summed E-state index contributed by atoms with van der Waals surface area (Å²) in [6.45, 7) is -0.200. The minimum atomic E-state index is -0.529. The normalized spacial score (nSPS) is 10.1. The number of hydrogen-bond donors (Lipinski definition) is 2. The minimum absolute atomic E-state index is 0.200. The van der Waals surface area contributed by atoms with E-state index in [0.717, 1.165) is 0 Å². The number of carbonyl (C=O) groups excluding carboxylic acids is 2. The first kappa shape index (κ1) is 16.1. The van der Waals surface area contributed by atoms with E-state index < -0.39 is 5.91 Å². The van der Waals surface area contributed by atoms with Gasteiger partial charge < -0.3 is 15.8 Å². The maximum atomic E-state index is 11.8. The average Bonchev–Trinajstić information content (AvgIpc) is 2.45. The second kappa shape index (κ2) is 7.15. The predicted octanol–water partition coefficient (Wildman–Crippen LogP) is 3.11. The maximum absolute atomic E-state index is 11.8. The molecule has 2 rings (SSSR count). The first-order valence-electron chi connectivity index (χ1n) is 6.22. The van der Waals surface area contributed by atoms with Crippen molar-refractivity contribution < 1.29 is 14.3 Å². The number of nitrogens with two attached hydrogens (primary N) is 1. The van der Waals surface area contributed by atoms with Crippen LogP contribution >= 0.6 is 23.2 Å². The van der Waals surface area contributed by atoms with E-state index in [1.54, 1.807) is 30.3 Å². The monoisotopic (exact) mass is 338 g/mol. The number of rotatable bonds is 5. The van der Waals surface area contributed by atoms with Gasteiger partial charge in [-0.25, -0.2) is 0 Å². The van der Waals surface area contributed by atoms with Gasteiger partial charge in [0, 0.05) is 21.3 Å². The van der Waals surface area contributed by atoms with Crippen LogP contribution in [0.5, 0.6) is 5.75 Å². The summed E-state index contributed by atoms with van der Waals surface area (Å²) in [5.41, 5.74) is 6.03. The van der Waals surface area contributed by atoms with E-state index in [0.29, 0.717) is 27.0 Å². The molecule has 0 aliphatic rings. The van der Waals surface area contributed by atoms with E-state index in [1.165, 1.54) is 12.1 Å². The van der Waals surface area contributed by atoms with E-state index in [1.807, 2.05) is 0 Å². The molecule has 0 radical (unpaired) electrons. The number of halogens is 2. The van der Waals surface area contributed by atoms with Gasteiger partial charge in [0.15, 0.2) is 6.61 Å². The molecular weight excluding hydrogens is 327 g/mol. The summed E-state index contributed by atoms with van der Waals surface area (Å²) in [6.07, 6.45) is 0. The molecule has 0 aliphatic heterocycles. The van der Waals surface area contributed by atoms with E-state index in [9.17, 15) is 9.59 Å². The molecule has 22 heavy (non-hydrogen) atoms. The Hall–Kier alpha value is -2.24. The standard InChI is InChI=1S/C15H12Cl2N2O3/c16-10-5-11(17)7-13(6-10)22-8-14(20)19-12-3-1-9(2-4-12)15(18)21/h1-7H,8H2,(H2,18,21)(H,19,20). The Kier molecular flexibility index (Phi) is 5.25. The summed E-state index contributed by atoms with van der Waals surface area (Å²) in [5.74, 6) is -0.487. The van der Waals surface area contributed by atoms with Gasteiger partial charge in [-0.1, -0.05) is 23.2 Å². The largest absolute Gasteiger partial charge is 0.484 e. The van der Waals surface area contributed by atoms with Crippen LogP contribution in [0.25, 0.3) is 0 Å². The molecule has 0 bridgehead atoms. The molecule has 0 aromatic heterocycles. The van der Waals surface area contributed by atoms with Crippen LogP contribution in [0.3, 0.4) is 0 Å². The molecule has 0 aliphatic carbocycles. The number of ether oxygens (including phenoxy) is 1. The SMILES string of the molecule is NC(=O)c1ccc(NC(=O)COc2cc(Cl)cc(Cl)c2)cc1. The first-order valence-corrected chi connectivity index (χ1v) is 6.98. The van der Waals surface area contributed by atoms with Crippen molar-refractivity contribution in [2.24, 2.45) is 5.73 Å². The summed E-state index contributed by atoms with van der Waals surface area (Å²) in [4.78, 5) is 22.7. The van der Waals surface area contributed by atoms with Crippen LogP contribution in [0.15, 0.2) is 42.5 Å². The lowest BCUT2D eigenvalue weighted by Crippen LogP contribution is -2.20. The van der Waals surface area contributed by atoms with Gasteiger partial charge in [0.05, 0.1) is 0 Å². The van der Waals surface area contributed by atoms with E-state index in [-0.39, 0.29) is 12.5 Å². The molecule has 2 aromatic carbocycles. The zero-order chi connectivity index (χ0) is 16.1. The fourth-order valence-corrected chi connectivity index (χ4v) is 2.18. The summed E-state index contributed by atoms with van der Waals surface area (Å²) >= 11 is 11.7. The predicted molar refractivity (Wildman–Crippen MR) is 85.5 cm³/mol. The summed E-state index contributed by atoms with van der Waals surface area (Å²) in [7, 11) is 0. The van der Waals surface area contributed by atoms with Crippen molar-refractivity contribution in [2.75, 3.05) is 11.9 Å². The Balaban J connectivity index is 1.91. The van der Waals surface area contributed by atoms with E-state index in [2.05, 4.69) is 5.32 Å². The summed E-state index contributed by atoms with van der Waals surface area (Å²) in [5, 5.41) is 3.47. The number of anilines is 1. The molecule has 0 saturated carbocycles. The van der Waals surface area contributed by atoms with Gasteiger partial charge in [-0.15, -0.1) is 0 Å². The quantitative estimate of drug-likeness (QED) is 0.878. The number of carbonyl (C=O) groups is 2. The number of amides is 2. The van der Waals surface area contributed by atoms with Crippen molar-refractivity contribution in [2.45, 2.75) is 0 Å². The molecule has 0 fully saturated rings. The molecule has 0 heterocycles. The van der Waals surface area contributed by atoms with Crippen LogP contribution in [0, 0.1) is 0 Å². The number of nitrogens with one attached hydrogen (secondary N) is 1. The highest BCUT2D eigenvalue weighted by molar-refractivity contribution is 6.34. The van der Waals surface area contributed by atoms with Crippen molar-refractivity contribution >= 4 is 40.7 Å². The van der Waals surface area contributed by atoms with Crippen LogP contribution in [0.4, 0.5) is 5.69 Å². The van der Waals surface area contributed by atoms with Crippen molar-refractivity contribution in [3.8, 4) is 5.75 Å². The van der Waals surface area contributed by atoms with Gasteiger partial charge >= 0.3 is 0 Å². The van der Waals surface area contributed by atoms with Crippen molar-refractivity contribution in [3.63, 3.8) is 0 Å². The fourth-order valence-electron chi connectivity index (χ4n) is 1.68. The number of primary amides is 1. The zero-order valence-corrected chi connectivity index (χ0v) is 12.8. The van der Waals surface area contributed by atoms with E-state index in [4.69, 9.17) is 33.7 Å². The van der Waals surface area contributed by atoms with Crippen LogP contribution in [-0.2, 0) is 4.79 Å². The van der Waals surface area contributed by atoms with Crippen molar-refractivity contribution in [1.29, 1.82) is 0 Å². The highest BCUT2D eigenvalue weighted by atomic mass is 35.5. The maximum Gasteiger partial charge on any atom is 0.262 e. The van der Waals surface area contributed by atoms with Gasteiger partial charge in [0.2, 0.25) is 5.91 Å². The number of hydrogen-bond acceptors (Lipinski definition) is 3. The summed E-state index contributed by atoms with van der Waals surface area (Å²) < 4.78 is 5.31. The van der Waals surface area contributed by atoms with Gasteiger partial charge in [-0.2, -0.15) is 0 Å². The van der Waals surface area contributed by atoms with Gasteiger partial charge in [0.1, 0.15) is 5.75 Å². The van der Waals surface area contributed by atoms with Crippen LogP contribution < -0.4 is 15.8 Å². The van der Waals surface area contributed by atoms with Gasteiger partial charge in [-0.05, 0) is 42.5 Å². The highest BCUT2D eigenvalue weighted by Gasteiger charge is 2.06. The fraction of sp³-hybridized carbons (Fsp3) is 0.0667. The molecule has 114 valence electrons. The molecule has 3 N–H and O–H groups in total. The summed E-state index contributed by atoms with van der Waals surface area (Å²) in [6, 6.07) is 10.9. The lowest BCUT2D eigenvalue weighted by Gasteiger charge is -2.08.